The number of hydrogen-bond donors (Lipinski definition) is 1. The standard InChI is InChI=1S/C8H6IO3Si/c9-7-2-1-5(10)3-6(7)8(11)12-4-13/h1-3,10H,4H2. The normalized spacial score (nSPS) is 9.69. The zero-order valence-corrected chi connectivity index (χ0v) is 9.74. The van der Waals surface area contributed by atoms with Gasteiger partial charge in [-0.25, -0.2) is 4.79 Å². The molecule has 0 saturated heterocycles. The third kappa shape index (κ3) is 2.70. The number of hydrogen-bond acceptors (Lipinski definition) is 3. The van der Waals surface area contributed by atoms with Gasteiger partial charge in [0.15, 0.2) is 0 Å². The van der Waals surface area contributed by atoms with Crippen LogP contribution in [0.3, 0.4) is 0 Å². The molecule has 1 N–H and O–H groups in total. The monoisotopic (exact) mass is 305 g/mol. The highest BCUT2D eigenvalue weighted by Gasteiger charge is 2.10. The van der Waals surface area contributed by atoms with Crippen molar-refractivity contribution in [2.24, 2.45) is 0 Å². The highest BCUT2D eigenvalue weighted by atomic mass is 127. The minimum Gasteiger partial charge on any atom is -0.508 e. The number of halogens is 1. The van der Waals surface area contributed by atoms with Crippen LogP contribution in [0.2, 0.25) is 0 Å². The van der Waals surface area contributed by atoms with Crippen molar-refractivity contribution in [3.63, 3.8) is 0 Å². The van der Waals surface area contributed by atoms with E-state index in [2.05, 4.69) is 10.2 Å². The minimum atomic E-state index is -0.449. The van der Waals surface area contributed by atoms with Crippen molar-refractivity contribution in [2.75, 3.05) is 6.23 Å². The van der Waals surface area contributed by atoms with Crippen LogP contribution in [-0.2, 0) is 4.74 Å². The van der Waals surface area contributed by atoms with E-state index in [0.29, 0.717) is 5.56 Å². The Morgan fingerprint density at radius 1 is 1.62 bits per heavy atom. The van der Waals surface area contributed by atoms with Crippen LogP contribution in [0.1, 0.15) is 10.4 Å². The van der Waals surface area contributed by atoms with Gasteiger partial charge in [-0.1, -0.05) is 0 Å². The van der Waals surface area contributed by atoms with Crippen LogP contribution in [0.25, 0.3) is 0 Å². The van der Waals surface area contributed by atoms with E-state index in [1.807, 2.05) is 22.6 Å². The first-order valence-electron chi connectivity index (χ1n) is 3.45. The molecule has 3 nitrogen and oxygen atoms in total. The van der Waals surface area contributed by atoms with Crippen LogP contribution in [0, 0.1) is 3.57 Å². The highest BCUT2D eigenvalue weighted by molar-refractivity contribution is 14.1. The highest BCUT2D eigenvalue weighted by Crippen LogP contribution is 2.18. The number of esters is 1. The number of phenolic OH excluding ortho intramolecular Hbond substituents is 1. The van der Waals surface area contributed by atoms with E-state index in [4.69, 9.17) is 9.84 Å². The predicted molar refractivity (Wildman–Crippen MR) is 56.9 cm³/mol. The lowest BCUT2D eigenvalue weighted by atomic mass is 10.2. The molecule has 13 heavy (non-hydrogen) atoms. The van der Waals surface area contributed by atoms with Crippen molar-refractivity contribution in [1.82, 2.24) is 0 Å². The number of carbonyl (C=O) groups excluding carboxylic acids is 1. The topological polar surface area (TPSA) is 46.5 Å². The number of ether oxygens (including phenoxy) is 1. The average molecular weight is 305 g/mol. The lowest BCUT2D eigenvalue weighted by Gasteiger charge is -2.04. The Kier molecular flexibility index (Phi) is 3.73. The van der Waals surface area contributed by atoms with Crippen LogP contribution < -0.4 is 0 Å². The van der Waals surface area contributed by atoms with Gasteiger partial charge in [-0.05, 0) is 40.8 Å². The second kappa shape index (κ2) is 4.61. The molecule has 3 radical (unpaired) electrons. The summed E-state index contributed by atoms with van der Waals surface area (Å²) in [5, 5.41) is 9.13. The van der Waals surface area contributed by atoms with Crippen LogP contribution in [0.15, 0.2) is 18.2 Å². The first-order chi connectivity index (χ1) is 6.15. The molecule has 0 unspecified atom stereocenters. The summed E-state index contributed by atoms with van der Waals surface area (Å²) in [6.45, 7) is 0. The van der Waals surface area contributed by atoms with Crippen molar-refractivity contribution < 1.29 is 14.6 Å². The fraction of sp³-hybridized carbons (Fsp3) is 0.125. The van der Waals surface area contributed by atoms with Gasteiger partial charge in [-0.2, -0.15) is 0 Å². The molecule has 0 saturated carbocycles. The maximum Gasteiger partial charge on any atom is 0.338 e. The van der Waals surface area contributed by atoms with Crippen molar-refractivity contribution in [1.29, 1.82) is 0 Å². The Bertz CT molecular complexity index is 327. The lowest BCUT2D eigenvalue weighted by Crippen LogP contribution is -2.07. The predicted octanol–water partition coefficient (Wildman–Crippen LogP) is 1.28. The molecule has 0 spiro atoms. The Labute approximate surface area is 92.7 Å². The molecule has 0 atom stereocenters. The minimum absolute atomic E-state index is 0.0568. The maximum absolute atomic E-state index is 11.2. The molecule has 0 amide bonds. The van der Waals surface area contributed by atoms with Crippen LogP contribution in [0.5, 0.6) is 5.75 Å². The van der Waals surface area contributed by atoms with Crippen LogP contribution in [-0.4, -0.2) is 27.5 Å². The van der Waals surface area contributed by atoms with E-state index < -0.39 is 5.97 Å². The number of aromatic hydroxyl groups is 1. The van der Waals surface area contributed by atoms with Gasteiger partial charge >= 0.3 is 5.97 Å². The van der Waals surface area contributed by atoms with E-state index >= 15 is 0 Å². The van der Waals surface area contributed by atoms with E-state index in [-0.39, 0.29) is 12.0 Å². The van der Waals surface area contributed by atoms with Gasteiger partial charge in [0.25, 0.3) is 0 Å². The summed E-state index contributed by atoms with van der Waals surface area (Å²) in [5.74, 6) is -0.392. The zero-order valence-electron chi connectivity index (χ0n) is 6.58. The van der Waals surface area contributed by atoms with E-state index in [0.717, 1.165) is 3.57 Å². The Morgan fingerprint density at radius 3 is 2.92 bits per heavy atom. The molecule has 0 aliphatic rings. The van der Waals surface area contributed by atoms with Gasteiger partial charge in [0.1, 0.15) is 5.75 Å². The van der Waals surface area contributed by atoms with Crippen LogP contribution in [0.4, 0.5) is 0 Å². The maximum atomic E-state index is 11.2. The molecule has 1 rings (SSSR count). The molecule has 0 bridgehead atoms. The van der Waals surface area contributed by atoms with Crippen molar-refractivity contribution in [3.8, 4) is 5.75 Å². The van der Waals surface area contributed by atoms with Crippen molar-refractivity contribution in [2.45, 2.75) is 0 Å². The second-order valence-corrected chi connectivity index (χ2v) is 3.69. The number of phenols is 1. The molecule has 0 heterocycles. The largest absolute Gasteiger partial charge is 0.508 e. The Hall–Kier alpha value is -0.563. The molecule has 1 aromatic rings. The third-order valence-corrected chi connectivity index (χ3v) is 2.46. The van der Waals surface area contributed by atoms with E-state index in [1.54, 1.807) is 6.07 Å². The summed E-state index contributed by atoms with van der Waals surface area (Å²) in [5.41, 5.74) is 0.374. The summed E-state index contributed by atoms with van der Waals surface area (Å²) in [6, 6.07) is 4.55. The fourth-order valence-electron chi connectivity index (χ4n) is 0.813. The molecule has 5 heteroatoms. The van der Waals surface area contributed by atoms with E-state index in [9.17, 15) is 4.79 Å². The molecule has 0 aliphatic heterocycles. The second-order valence-electron chi connectivity index (χ2n) is 2.24. The van der Waals surface area contributed by atoms with Gasteiger partial charge in [-0.15, -0.1) is 0 Å². The summed E-state index contributed by atoms with van der Waals surface area (Å²) in [7, 11) is 3.03. The summed E-state index contributed by atoms with van der Waals surface area (Å²) in [4.78, 5) is 11.2. The number of carbonyl (C=O) groups is 1. The smallest absolute Gasteiger partial charge is 0.338 e. The number of benzene rings is 1. The molecular weight excluding hydrogens is 299 g/mol. The van der Waals surface area contributed by atoms with Crippen LogP contribution >= 0.6 is 22.6 Å². The van der Waals surface area contributed by atoms with E-state index in [1.165, 1.54) is 12.1 Å². The van der Waals surface area contributed by atoms with Crippen molar-refractivity contribution >= 4 is 38.8 Å². The van der Waals surface area contributed by atoms with Gasteiger partial charge in [0.05, 0.1) is 22.0 Å². The summed E-state index contributed by atoms with van der Waals surface area (Å²) >= 11 is 2.00. The summed E-state index contributed by atoms with van der Waals surface area (Å²) in [6.07, 6.45) is 0.143. The fourth-order valence-corrected chi connectivity index (χ4v) is 1.50. The Morgan fingerprint density at radius 2 is 2.31 bits per heavy atom. The van der Waals surface area contributed by atoms with Gasteiger partial charge < -0.3 is 9.84 Å². The quantitative estimate of drug-likeness (QED) is 0.509. The molecule has 0 aromatic heterocycles. The summed E-state index contributed by atoms with van der Waals surface area (Å²) < 4.78 is 5.47. The van der Waals surface area contributed by atoms with Gasteiger partial charge in [-0.3, -0.25) is 0 Å². The SMILES string of the molecule is O=C(OC[Si])c1cc(O)ccc1I. The first kappa shape index (κ1) is 10.5. The first-order valence-corrected chi connectivity index (χ1v) is 5.24. The third-order valence-electron chi connectivity index (χ3n) is 1.37. The lowest BCUT2D eigenvalue weighted by molar-refractivity contribution is 0.0572. The molecular formula is C8H6IO3Si. The zero-order chi connectivity index (χ0) is 9.84. The Balaban J connectivity index is 2.99. The molecule has 0 aliphatic carbocycles. The molecule has 0 fully saturated rings. The van der Waals surface area contributed by atoms with Crippen molar-refractivity contribution in [3.05, 3.63) is 27.3 Å². The molecule has 67 valence electrons. The van der Waals surface area contributed by atoms with Gasteiger partial charge in [0.2, 0.25) is 0 Å². The number of rotatable bonds is 2. The average Bonchev–Trinajstić information content (AvgIpc) is 2.09. The van der Waals surface area contributed by atoms with Gasteiger partial charge in [0, 0.05) is 3.57 Å². The molecule has 1 aromatic carbocycles.